The third-order valence-electron chi connectivity index (χ3n) is 4.89. The van der Waals surface area contributed by atoms with Crippen LogP contribution in [0.2, 0.25) is 0 Å². The fraction of sp³-hybridized carbons (Fsp3) is 0.450. The third-order valence-corrected chi connectivity index (χ3v) is 4.89. The molecule has 1 aliphatic heterocycles. The lowest BCUT2D eigenvalue weighted by Gasteiger charge is -2.33. The first-order valence-corrected chi connectivity index (χ1v) is 8.96. The van der Waals surface area contributed by atoms with Crippen molar-refractivity contribution in [3.63, 3.8) is 0 Å². The molecular formula is C20H26N2O3. The molecule has 0 saturated carbocycles. The summed E-state index contributed by atoms with van der Waals surface area (Å²) in [6.45, 7) is 4.13. The first-order chi connectivity index (χ1) is 12.1. The summed E-state index contributed by atoms with van der Waals surface area (Å²) in [5, 5.41) is 14.8. The van der Waals surface area contributed by atoms with E-state index in [2.05, 4.69) is 17.4 Å². The van der Waals surface area contributed by atoms with Gasteiger partial charge in [0.2, 0.25) is 0 Å². The Morgan fingerprint density at radius 2 is 1.96 bits per heavy atom. The minimum atomic E-state index is -0.292. The van der Waals surface area contributed by atoms with E-state index in [-0.39, 0.29) is 12.1 Å². The van der Waals surface area contributed by atoms with Crippen molar-refractivity contribution in [2.75, 3.05) is 26.2 Å². The van der Waals surface area contributed by atoms with Crippen LogP contribution in [0.3, 0.4) is 0 Å². The quantitative estimate of drug-likeness (QED) is 0.821. The fourth-order valence-corrected chi connectivity index (χ4v) is 3.34. The molecule has 2 aromatic carbocycles. The molecule has 1 unspecified atom stereocenters. The van der Waals surface area contributed by atoms with Gasteiger partial charge in [0, 0.05) is 18.5 Å². The van der Waals surface area contributed by atoms with Crippen molar-refractivity contribution >= 4 is 16.8 Å². The number of fused-ring (bicyclic) bond motifs is 1. The molecule has 5 nitrogen and oxygen atoms in total. The summed E-state index contributed by atoms with van der Waals surface area (Å²) >= 11 is 0. The number of hydrogen-bond acceptors (Lipinski definition) is 3. The van der Waals surface area contributed by atoms with Crippen molar-refractivity contribution in [2.24, 2.45) is 5.92 Å². The predicted molar refractivity (Wildman–Crippen MR) is 98.8 cm³/mol. The highest BCUT2D eigenvalue weighted by atomic mass is 16.5. The van der Waals surface area contributed by atoms with Crippen LogP contribution in [-0.4, -0.2) is 48.4 Å². The number of nitrogens with one attached hydrogen (secondary N) is 1. The van der Waals surface area contributed by atoms with Gasteiger partial charge in [-0.15, -0.1) is 0 Å². The van der Waals surface area contributed by atoms with Crippen molar-refractivity contribution in [1.29, 1.82) is 0 Å². The van der Waals surface area contributed by atoms with Gasteiger partial charge in [-0.3, -0.25) is 0 Å². The fourth-order valence-electron chi connectivity index (χ4n) is 3.34. The topological polar surface area (TPSA) is 61.8 Å². The normalized spacial score (nSPS) is 16.6. The Labute approximate surface area is 148 Å². The van der Waals surface area contributed by atoms with Crippen LogP contribution >= 0.6 is 0 Å². The summed E-state index contributed by atoms with van der Waals surface area (Å²) in [5.74, 6) is 1.14. The van der Waals surface area contributed by atoms with E-state index in [0.717, 1.165) is 29.4 Å². The van der Waals surface area contributed by atoms with Crippen LogP contribution in [0, 0.1) is 5.92 Å². The van der Waals surface area contributed by atoms with Gasteiger partial charge in [-0.25, -0.2) is 4.79 Å². The smallest absolute Gasteiger partial charge is 0.317 e. The molecule has 3 rings (SSSR count). The van der Waals surface area contributed by atoms with Crippen LogP contribution in [0.15, 0.2) is 42.5 Å². The van der Waals surface area contributed by atoms with Crippen LogP contribution in [0.4, 0.5) is 4.79 Å². The van der Waals surface area contributed by atoms with Crippen LogP contribution in [0.5, 0.6) is 5.75 Å². The molecule has 0 spiro atoms. The minimum absolute atomic E-state index is 0.0504. The number of ether oxygens (including phenoxy) is 1. The van der Waals surface area contributed by atoms with E-state index in [4.69, 9.17) is 4.74 Å². The molecule has 2 aromatic rings. The van der Waals surface area contributed by atoms with Crippen LogP contribution < -0.4 is 10.1 Å². The summed E-state index contributed by atoms with van der Waals surface area (Å²) in [5.41, 5.74) is 0. The predicted octanol–water partition coefficient (Wildman–Crippen LogP) is 3.02. The van der Waals surface area contributed by atoms with Crippen LogP contribution in [-0.2, 0) is 0 Å². The second-order valence-electron chi connectivity index (χ2n) is 6.62. The Kier molecular flexibility index (Phi) is 5.76. The summed E-state index contributed by atoms with van der Waals surface area (Å²) in [7, 11) is 0. The molecule has 0 radical (unpaired) electrons. The average Bonchev–Trinajstić information content (AvgIpc) is 2.65. The van der Waals surface area contributed by atoms with Gasteiger partial charge in [0.05, 0.1) is 12.6 Å². The van der Waals surface area contributed by atoms with E-state index in [9.17, 15) is 9.90 Å². The number of hydrogen-bond donors (Lipinski definition) is 2. The Balaban J connectivity index is 1.43. The van der Waals surface area contributed by atoms with Gasteiger partial charge < -0.3 is 20.1 Å². The van der Waals surface area contributed by atoms with E-state index in [1.165, 1.54) is 0 Å². The molecule has 0 aliphatic carbocycles. The Bertz CT molecular complexity index is 704. The second kappa shape index (κ2) is 8.21. The lowest BCUT2D eigenvalue weighted by molar-refractivity contribution is 0.0797. The third kappa shape index (κ3) is 4.42. The largest absolute Gasteiger partial charge is 0.491 e. The monoisotopic (exact) mass is 342 g/mol. The van der Waals surface area contributed by atoms with E-state index in [1.807, 2.05) is 42.2 Å². The number of benzene rings is 2. The first-order valence-electron chi connectivity index (χ1n) is 8.96. The number of nitrogens with zero attached hydrogens (tertiary/aromatic N) is 1. The molecule has 2 amide bonds. The van der Waals surface area contributed by atoms with E-state index in [0.29, 0.717) is 32.2 Å². The van der Waals surface area contributed by atoms with E-state index in [1.54, 1.807) is 0 Å². The van der Waals surface area contributed by atoms with Gasteiger partial charge in [0.25, 0.3) is 0 Å². The average molecular weight is 342 g/mol. The van der Waals surface area contributed by atoms with E-state index < -0.39 is 0 Å². The molecule has 0 aromatic heterocycles. The number of carbonyl (C=O) groups is 1. The van der Waals surface area contributed by atoms with Gasteiger partial charge in [-0.05, 0) is 37.1 Å². The maximum atomic E-state index is 12.2. The van der Waals surface area contributed by atoms with Gasteiger partial charge in [0.1, 0.15) is 12.4 Å². The number of urea groups is 1. The molecule has 5 heteroatoms. The molecule has 2 N–H and O–H groups in total. The Morgan fingerprint density at radius 1 is 1.24 bits per heavy atom. The van der Waals surface area contributed by atoms with Gasteiger partial charge in [0.15, 0.2) is 0 Å². The molecule has 1 saturated heterocycles. The molecule has 1 aliphatic rings. The van der Waals surface area contributed by atoms with Crippen molar-refractivity contribution < 1.29 is 14.6 Å². The number of piperidine rings is 1. The van der Waals surface area contributed by atoms with Crippen molar-refractivity contribution in [1.82, 2.24) is 10.2 Å². The lowest BCUT2D eigenvalue weighted by atomic mass is 9.92. The maximum Gasteiger partial charge on any atom is 0.317 e. The lowest BCUT2D eigenvalue weighted by Crippen LogP contribution is -2.46. The van der Waals surface area contributed by atoms with Crippen LogP contribution in [0.25, 0.3) is 10.8 Å². The molecule has 1 fully saturated rings. The van der Waals surface area contributed by atoms with Crippen molar-refractivity contribution in [2.45, 2.75) is 25.9 Å². The van der Waals surface area contributed by atoms with Crippen LogP contribution in [0.1, 0.15) is 19.8 Å². The molecule has 1 atom stereocenters. The molecule has 1 heterocycles. The summed E-state index contributed by atoms with van der Waals surface area (Å²) in [4.78, 5) is 14.0. The maximum absolute atomic E-state index is 12.2. The molecule has 0 bridgehead atoms. The minimum Gasteiger partial charge on any atom is -0.491 e. The number of carbonyl (C=O) groups excluding carboxylic acids is 1. The van der Waals surface area contributed by atoms with E-state index >= 15 is 0 Å². The summed E-state index contributed by atoms with van der Waals surface area (Å²) in [6, 6.07) is 14.0. The number of aliphatic hydroxyl groups excluding tert-OH is 1. The van der Waals surface area contributed by atoms with Gasteiger partial charge in [-0.1, -0.05) is 36.4 Å². The Hall–Kier alpha value is -2.27. The molecule has 134 valence electrons. The highest BCUT2D eigenvalue weighted by Crippen LogP contribution is 2.25. The first kappa shape index (κ1) is 17.5. The number of rotatable bonds is 5. The van der Waals surface area contributed by atoms with Gasteiger partial charge in [-0.2, -0.15) is 0 Å². The highest BCUT2D eigenvalue weighted by Gasteiger charge is 2.25. The standard InChI is InChI=1S/C20H26N2O3/c1-15(23)16-9-12-22(13-10-16)20(24)21-11-14-25-19-8-4-6-17-5-2-3-7-18(17)19/h2-8,15-16,23H,9-14H2,1H3,(H,21,24). The zero-order chi connectivity index (χ0) is 17.6. The number of aliphatic hydroxyl groups is 1. The molecule has 25 heavy (non-hydrogen) atoms. The summed E-state index contributed by atoms with van der Waals surface area (Å²) < 4.78 is 5.84. The van der Waals surface area contributed by atoms with Crippen molar-refractivity contribution in [3.05, 3.63) is 42.5 Å². The Morgan fingerprint density at radius 3 is 2.72 bits per heavy atom. The van der Waals surface area contributed by atoms with Gasteiger partial charge >= 0.3 is 6.03 Å². The SMILES string of the molecule is CC(O)C1CCN(C(=O)NCCOc2cccc3ccccc23)CC1. The zero-order valence-corrected chi connectivity index (χ0v) is 14.6. The zero-order valence-electron chi connectivity index (χ0n) is 14.6. The summed E-state index contributed by atoms with van der Waals surface area (Å²) in [6.07, 6.45) is 1.43. The molecular weight excluding hydrogens is 316 g/mol. The number of likely N-dealkylation sites (tertiary alicyclic amines) is 1. The second-order valence-corrected chi connectivity index (χ2v) is 6.62. The van der Waals surface area contributed by atoms with Crippen molar-refractivity contribution in [3.8, 4) is 5.75 Å². The number of amides is 2. The highest BCUT2D eigenvalue weighted by molar-refractivity contribution is 5.88.